The lowest BCUT2D eigenvalue weighted by Gasteiger charge is -2.41. The fraction of sp³-hybridized carbons (Fsp3) is 0.348. The summed E-state index contributed by atoms with van der Waals surface area (Å²) >= 11 is 1.87. The molecule has 2 aliphatic rings. The van der Waals surface area contributed by atoms with Crippen molar-refractivity contribution in [1.82, 2.24) is 14.9 Å². The quantitative estimate of drug-likeness (QED) is 0.657. The average molecular weight is 376 g/mol. The van der Waals surface area contributed by atoms with Gasteiger partial charge in [-0.3, -0.25) is 4.90 Å². The van der Waals surface area contributed by atoms with E-state index >= 15 is 0 Å². The fourth-order valence-electron chi connectivity index (χ4n) is 4.76. The Kier molecular flexibility index (Phi) is 4.33. The fourth-order valence-corrected chi connectivity index (χ4v) is 5.66. The molecule has 1 aromatic carbocycles. The summed E-state index contributed by atoms with van der Waals surface area (Å²) in [6, 6.07) is 13.4. The minimum Gasteiger partial charge on any atom is -0.358 e. The standard InChI is InChI=1S/C23H25N3S/c1-3-26-13-16(14-27-22-9-4-5-10-24-22)11-19-17-7-6-8-20-23(17)18(12-21(19)26)15(2)25-20/h4-11,16,21,25H,3,12-14H2,1-2H3/t16?,21-/m1/s1. The van der Waals surface area contributed by atoms with Crippen LogP contribution < -0.4 is 0 Å². The van der Waals surface area contributed by atoms with Gasteiger partial charge in [0.1, 0.15) is 0 Å². The highest BCUT2D eigenvalue weighted by atomic mass is 32.2. The highest BCUT2D eigenvalue weighted by Crippen LogP contribution is 2.42. The minimum atomic E-state index is 0.513. The van der Waals surface area contributed by atoms with E-state index in [1.165, 1.54) is 33.3 Å². The van der Waals surface area contributed by atoms with E-state index < -0.39 is 0 Å². The van der Waals surface area contributed by atoms with Crippen molar-refractivity contribution in [2.24, 2.45) is 5.92 Å². The number of rotatable bonds is 4. The van der Waals surface area contributed by atoms with Gasteiger partial charge in [0, 0.05) is 41.1 Å². The van der Waals surface area contributed by atoms with E-state index in [0.29, 0.717) is 12.0 Å². The molecule has 0 radical (unpaired) electrons. The Balaban J connectivity index is 1.52. The van der Waals surface area contributed by atoms with Crippen LogP contribution in [-0.4, -0.2) is 39.8 Å². The number of fused-ring (bicyclic) bond motifs is 2. The van der Waals surface area contributed by atoms with Gasteiger partial charge in [0.05, 0.1) is 5.03 Å². The van der Waals surface area contributed by atoms with E-state index in [2.05, 4.69) is 65.1 Å². The van der Waals surface area contributed by atoms with Crippen molar-refractivity contribution in [3.63, 3.8) is 0 Å². The Morgan fingerprint density at radius 1 is 1.22 bits per heavy atom. The van der Waals surface area contributed by atoms with E-state index in [-0.39, 0.29) is 0 Å². The van der Waals surface area contributed by atoms with Gasteiger partial charge in [-0.15, -0.1) is 11.8 Å². The summed E-state index contributed by atoms with van der Waals surface area (Å²) in [5.74, 6) is 1.64. The van der Waals surface area contributed by atoms with Crippen LogP contribution in [0, 0.1) is 12.8 Å². The smallest absolute Gasteiger partial charge is 0.0960 e. The molecule has 3 nitrogen and oxygen atoms in total. The molecular formula is C23H25N3S. The molecule has 1 N–H and O–H groups in total. The predicted molar refractivity (Wildman–Crippen MR) is 114 cm³/mol. The first-order valence-corrected chi connectivity index (χ1v) is 10.8. The van der Waals surface area contributed by atoms with Gasteiger partial charge in [-0.25, -0.2) is 4.98 Å². The Bertz CT molecular complexity index is 1010. The first kappa shape index (κ1) is 17.1. The van der Waals surface area contributed by atoms with Crippen LogP contribution in [0.4, 0.5) is 0 Å². The number of pyridine rings is 1. The van der Waals surface area contributed by atoms with Crippen LogP contribution in [0.5, 0.6) is 0 Å². The van der Waals surface area contributed by atoms with Gasteiger partial charge in [0.2, 0.25) is 0 Å². The summed E-state index contributed by atoms with van der Waals surface area (Å²) in [4.78, 5) is 10.7. The molecule has 0 amide bonds. The van der Waals surface area contributed by atoms with Crippen molar-refractivity contribution in [3.8, 4) is 0 Å². The average Bonchev–Trinajstić information content (AvgIpc) is 3.03. The number of nitrogens with zero attached hydrogens (tertiary/aromatic N) is 2. The number of thioether (sulfide) groups is 1. The first-order chi connectivity index (χ1) is 13.2. The number of H-pyrrole nitrogens is 1. The summed E-state index contributed by atoms with van der Waals surface area (Å²) in [5.41, 5.74) is 7.11. The second kappa shape index (κ2) is 6.84. The van der Waals surface area contributed by atoms with Gasteiger partial charge in [-0.2, -0.15) is 0 Å². The monoisotopic (exact) mass is 375 g/mol. The maximum Gasteiger partial charge on any atom is 0.0960 e. The number of hydrogen-bond acceptors (Lipinski definition) is 3. The molecular weight excluding hydrogens is 350 g/mol. The molecule has 0 fully saturated rings. The molecule has 1 aliphatic heterocycles. The van der Waals surface area contributed by atoms with E-state index in [4.69, 9.17) is 0 Å². The zero-order valence-corrected chi connectivity index (χ0v) is 16.7. The van der Waals surface area contributed by atoms with Crippen LogP contribution in [0.15, 0.2) is 53.7 Å². The zero-order chi connectivity index (χ0) is 18.4. The first-order valence-electron chi connectivity index (χ1n) is 9.84. The number of aromatic amines is 1. The van der Waals surface area contributed by atoms with Crippen molar-refractivity contribution < 1.29 is 0 Å². The van der Waals surface area contributed by atoms with Gasteiger partial charge in [0.15, 0.2) is 0 Å². The van der Waals surface area contributed by atoms with Crippen molar-refractivity contribution in [2.45, 2.75) is 31.3 Å². The van der Waals surface area contributed by atoms with Crippen molar-refractivity contribution >= 4 is 28.2 Å². The zero-order valence-electron chi connectivity index (χ0n) is 15.9. The van der Waals surface area contributed by atoms with Gasteiger partial charge < -0.3 is 4.98 Å². The third-order valence-corrected chi connectivity index (χ3v) is 7.15. The third-order valence-electron chi connectivity index (χ3n) is 6.02. The summed E-state index contributed by atoms with van der Waals surface area (Å²) in [6.45, 7) is 6.76. The van der Waals surface area contributed by atoms with E-state index in [1.54, 1.807) is 0 Å². The molecule has 2 atom stereocenters. The Morgan fingerprint density at radius 3 is 2.96 bits per heavy atom. The lowest BCUT2D eigenvalue weighted by molar-refractivity contribution is 0.216. The van der Waals surface area contributed by atoms with E-state index in [0.717, 1.165) is 30.3 Å². The summed E-state index contributed by atoms with van der Waals surface area (Å²) < 4.78 is 0. The molecule has 0 bridgehead atoms. The number of benzene rings is 1. The highest BCUT2D eigenvalue weighted by Gasteiger charge is 2.35. The predicted octanol–water partition coefficient (Wildman–Crippen LogP) is 4.92. The molecule has 3 heterocycles. The normalized spacial score (nSPS) is 21.9. The molecule has 1 unspecified atom stereocenters. The molecule has 2 aromatic heterocycles. The van der Waals surface area contributed by atoms with Gasteiger partial charge in [-0.1, -0.05) is 31.2 Å². The molecule has 138 valence electrons. The van der Waals surface area contributed by atoms with Crippen LogP contribution in [0.3, 0.4) is 0 Å². The number of aryl methyl sites for hydroxylation is 1. The Hall–Kier alpha value is -2.04. The van der Waals surface area contributed by atoms with E-state index in [9.17, 15) is 0 Å². The summed E-state index contributed by atoms with van der Waals surface area (Å²) in [5, 5.41) is 2.57. The molecule has 0 saturated carbocycles. The molecule has 27 heavy (non-hydrogen) atoms. The topological polar surface area (TPSA) is 31.9 Å². The lowest BCUT2D eigenvalue weighted by Crippen LogP contribution is -2.45. The highest BCUT2D eigenvalue weighted by molar-refractivity contribution is 7.99. The second-order valence-electron chi connectivity index (χ2n) is 7.63. The summed E-state index contributed by atoms with van der Waals surface area (Å²) in [6.07, 6.45) is 5.57. The molecule has 4 heteroatoms. The minimum absolute atomic E-state index is 0.513. The van der Waals surface area contributed by atoms with Crippen LogP contribution >= 0.6 is 11.8 Å². The molecule has 1 aliphatic carbocycles. The maximum absolute atomic E-state index is 4.47. The maximum atomic E-state index is 4.47. The number of hydrogen-bond donors (Lipinski definition) is 1. The number of likely N-dealkylation sites (N-methyl/N-ethyl adjacent to an activating group) is 1. The Morgan fingerprint density at radius 2 is 2.15 bits per heavy atom. The number of nitrogens with one attached hydrogen (secondary N) is 1. The van der Waals surface area contributed by atoms with Crippen LogP contribution in [0.1, 0.15) is 23.7 Å². The molecule has 5 rings (SSSR count). The second-order valence-corrected chi connectivity index (χ2v) is 8.67. The van der Waals surface area contributed by atoms with Gasteiger partial charge in [-0.05, 0) is 60.7 Å². The van der Waals surface area contributed by atoms with Crippen LogP contribution in [0.2, 0.25) is 0 Å². The van der Waals surface area contributed by atoms with Crippen molar-refractivity contribution in [3.05, 3.63) is 65.5 Å². The molecule has 0 saturated heterocycles. The van der Waals surface area contributed by atoms with Crippen molar-refractivity contribution in [1.29, 1.82) is 0 Å². The lowest BCUT2D eigenvalue weighted by atomic mass is 9.79. The van der Waals surface area contributed by atoms with Gasteiger partial charge in [0.25, 0.3) is 0 Å². The third kappa shape index (κ3) is 2.91. The Labute approximate surface area is 164 Å². The largest absolute Gasteiger partial charge is 0.358 e. The number of aromatic nitrogens is 2. The molecule has 3 aromatic rings. The SMILES string of the molecule is CCN1CC(CSc2ccccn2)C=C2c3cccc4[nH]c(C)c(c34)C[C@H]21. The summed E-state index contributed by atoms with van der Waals surface area (Å²) in [7, 11) is 0. The van der Waals surface area contributed by atoms with Crippen LogP contribution in [-0.2, 0) is 6.42 Å². The molecule has 0 spiro atoms. The van der Waals surface area contributed by atoms with Gasteiger partial charge >= 0.3 is 0 Å². The van der Waals surface area contributed by atoms with Crippen molar-refractivity contribution in [2.75, 3.05) is 18.8 Å². The van der Waals surface area contributed by atoms with E-state index in [1.807, 2.05) is 24.0 Å². The van der Waals surface area contributed by atoms with Crippen LogP contribution in [0.25, 0.3) is 16.5 Å².